The van der Waals surface area contributed by atoms with Crippen LogP contribution in [0, 0.1) is 17.7 Å². The molecule has 1 aliphatic rings. The molecule has 2 rings (SSSR count). The van der Waals surface area contributed by atoms with E-state index < -0.39 is 0 Å². The number of hydrogen-bond donors (Lipinski definition) is 0. The summed E-state index contributed by atoms with van der Waals surface area (Å²) in [5, 5.41) is 0.230. The minimum Gasteiger partial charge on any atom is -0.205 e. The Hall–Kier alpha value is -0.560. The van der Waals surface area contributed by atoms with Crippen LogP contribution < -0.4 is 0 Å². The largest absolute Gasteiger partial charge is 0.205 e. The van der Waals surface area contributed by atoms with Crippen molar-refractivity contribution in [1.82, 2.24) is 0 Å². The molecule has 23 heavy (non-hydrogen) atoms. The minimum atomic E-state index is -0.282. The second-order valence-corrected chi connectivity index (χ2v) is 7.78. The number of benzene rings is 1. The van der Waals surface area contributed by atoms with Crippen molar-refractivity contribution in [2.45, 2.75) is 84.0 Å². The zero-order valence-electron chi connectivity index (χ0n) is 14.6. The van der Waals surface area contributed by atoms with Crippen LogP contribution in [0.15, 0.2) is 18.2 Å². The summed E-state index contributed by atoms with van der Waals surface area (Å²) in [5.41, 5.74) is 1.09. The van der Waals surface area contributed by atoms with Gasteiger partial charge in [-0.15, -0.1) is 0 Å². The molecule has 0 radical (unpaired) electrons. The molecule has 1 aromatic rings. The maximum Gasteiger partial charge on any atom is 0.142 e. The highest BCUT2D eigenvalue weighted by Crippen LogP contribution is 2.34. The SMILES string of the molecule is CCCCCCC[C@H]1CC[C@H](CCc2ccc(Cl)c(F)c2)CC1. The first-order chi connectivity index (χ1) is 11.2. The van der Waals surface area contributed by atoms with Crippen LogP contribution >= 0.6 is 11.6 Å². The van der Waals surface area contributed by atoms with Gasteiger partial charge in [-0.25, -0.2) is 4.39 Å². The van der Waals surface area contributed by atoms with E-state index in [9.17, 15) is 4.39 Å². The lowest BCUT2D eigenvalue weighted by molar-refractivity contribution is 0.248. The van der Waals surface area contributed by atoms with Gasteiger partial charge in [0.05, 0.1) is 5.02 Å². The molecule has 0 heterocycles. The third-order valence-electron chi connectivity index (χ3n) is 5.51. The summed E-state index contributed by atoms with van der Waals surface area (Å²) in [6.45, 7) is 2.28. The Kier molecular flexibility index (Phi) is 8.44. The number of halogens is 2. The molecule has 130 valence electrons. The van der Waals surface area contributed by atoms with E-state index in [0.29, 0.717) is 0 Å². The van der Waals surface area contributed by atoms with Crippen molar-refractivity contribution in [3.63, 3.8) is 0 Å². The molecular weight excluding hydrogens is 307 g/mol. The van der Waals surface area contributed by atoms with Crippen molar-refractivity contribution in [2.24, 2.45) is 11.8 Å². The van der Waals surface area contributed by atoms with Gasteiger partial charge in [0.2, 0.25) is 0 Å². The van der Waals surface area contributed by atoms with Gasteiger partial charge in [0, 0.05) is 0 Å². The summed E-state index contributed by atoms with van der Waals surface area (Å²) in [4.78, 5) is 0. The quantitative estimate of drug-likeness (QED) is 0.407. The van der Waals surface area contributed by atoms with E-state index >= 15 is 0 Å². The summed E-state index contributed by atoms with van der Waals surface area (Å²) < 4.78 is 13.5. The summed E-state index contributed by atoms with van der Waals surface area (Å²) >= 11 is 5.74. The van der Waals surface area contributed by atoms with Gasteiger partial charge < -0.3 is 0 Å². The van der Waals surface area contributed by atoms with Gasteiger partial charge in [-0.05, 0) is 42.4 Å². The number of rotatable bonds is 9. The molecule has 0 N–H and O–H groups in total. The van der Waals surface area contributed by atoms with E-state index in [1.54, 1.807) is 12.1 Å². The maximum atomic E-state index is 13.5. The van der Waals surface area contributed by atoms with Crippen LogP contribution in [0.2, 0.25) is 5.02 Å². The molecule has 1 saturated carbocycles. The highest BCUT2D eigenvalue weighted by Gasteiger charge is 2.20. The third kappa shape index (κ3) is 6.83. The van der Waals surface area contributed by atoms with Crippen LogP contribution in [-0.2, 0) is 6.42 Å². The highest BCUT2D eigenvalue weighted by atomic mass is 35.5. The molecule has 0 spiro atoms. The Labute approximate surface area is 146 Å². The lowest BCUT2D eigenvalue weighted by Crippen LogP contribution is -2.15. The minimum absolute atomic E-state index is 0.230. The second kappa shape index (κ2) is 10.3. The molecule has 0 bridgehead atoms. The normalized spacial score (nSPS) is 21.5. The van der Waals surface area contributed by atoms with E-state index in [1.165, 1.54) is 70.6 Å². The van der Waals surface area contributed by atoms with Crippen LogP contribution in [0.3, 0.4) is 0 Å². The van der Waals surface area contributed by atoms with Gasteiger partial charge in [-0.3, -0.25) is 0 Å². The van der Waals surface area contributed by atoms with Crippen molar-refractivity contribution >= 4 is 11.6 Å². The Morgan fingerprint density at radius 2 is 1.61 bits per heavy atom. The van der Waals surface area contributed by atoms with Gasteiger partial charge in [0.25, 0.3) is 0 Å². The number of hydrogen-bond acceptors (Lipinski definition) is 0. The van der Waals surface area contributed by atoms with Gasteiger partial charge in [0.1, 0.15) is 5.82 Å². The first-order valence-electron chi connectivity index (χ1n) is 9.63. The van der Waals surface area contributed by atoms with Gasteiger partial charge >= 0.3 is 0 Å². The first-order valence-corrected chi connectivity index (χ1v) is 10.0. The smallest absolute Gasteiger partial charge is 0.142 e. The van der Waals surface area contributed by atoms with Crippen molar-refractivity contribution in [1.29, 1.82) is 0 Å². The van der Waals surface area contributed by atoms with Crippen LogP contribution in [0.5, 0.6) is 0 Å². The van der Waals surface area contributed by atoms with E-state index in [2.05, 4.69) is 6.92 Å². The molecule has 1 aliphatic carbocycles. The second-order valence-electron chi connectivity index (χ2n) is 7.38. The van der Waals surface area contributed by atoms with Gasteiger partial charge in [0.15, 0.2) is 0 Å². The van der Waals surface area contributed by atoms with Gasteiger partial charge in [-0.2, -0.15) is 0 Å². The lowest BCUT2D eigenvalue weighted by atomic mass is 9.77. The molecule has 0 nitrogen and oxygen atoms in total. The van der Waals surface area contributed by atoms with Crippen molar-refractivity contribution < 1.29 is 4.39 Å². The molecule has 1 aromatic carbocycles. The molecule has 0 aliphatic heterocycles. The number of unbranched alkanes of at least 4 members (excludes halogenated alkanes) is 4. The van der Waals surface area contributed by atoms with Gasteiger partial charge in [-0.1, -0.05) is 88.8 Å². The number of aryl methyl sites for hydroxylation is 1. The Morgan fingerprint density at radius 3 is 2.26 bits per heavy atom. The molecule has 0 aromatic heterocycles. The molecular formula is C21H32ClF. The highest BCUT2D eigenvalue weighted by molar-refractivity contribution is 6.30. The topological polar surface area (TPSA) is 0 Å². The van der Waals surface area contributed by atoms with Crippen LogP contribution in [-0.4, -0.2) is 0 Å². The zero-order chi connectivity index (χ0) is 16.5. The summed E-state index contributed by atoms with van der Waals surface area (Å²) in [6, 6.07) is 5.25. The lowest BCUT2D eigenvalue weighted by Gasteiger charge is -2.28. The fraction of sp³-hybridized carbons (Fsp3) is 0.714. The molecule has 0 unspecified atom stereocenters. The average molecular weight is 339 g/mol. The molecule has 0 atom stereocenters. The molecule has 0 amide bonds. The maximum absolute atomic E-state index is 13.5. The predicted octanol–water partition coefficient (Wildman–Crippen LogP) is 7.58. The Bertz CT molecular complexity index is 449. The van der Waals surface area contributed by atoms with E-state index in [0.717, 1.165) is 23.8 Å². The molecule has 1 fully saturated rings. The van der Waals surface area contributed by atoms with Crippen molar-refractivity contribution in [3.05, 3.63) is 34.6 Å². The van der Waals surface area contributed by atoms with E-state index in [4.69, 9.17) is 11.6 Å². The third-order valence-corrected chi connectivity index (χ3v) is 5.81. The summed E-state index contributed by atoms with van der Waals surface area (Å²) in [6.07, 6.45) is 16.2. The standard InChI is InChI=1S/C21H32ClF/c1-2-3-4-5-6-7-17-8-10-18(11-9-17)12-13-19-14-15-20(22)21(23)16-19/h14-18H,2-13H2,1H3/t17-,18-. The zero-order valence-corrected chi connectivity index (χ0v) is 15.4. The Balaban J connectivity index is 1.60. The fourth-order valence-corrected chi connectivity index (χ4v) is 4.03. The van der Waals surface area contributed by atoms with Crippen LogP contribution in [0.25, 0.3) is 0 Å². The van der Waals surface area contributed by atoms with E-state index in [-0.39, 0.29) is 10.8 Å². The fourth-order valence-electron chi connectivity index (χ4n) is 3.91. The monoisotopic (exact) mass is 338 g/mol. The van der Waals surface area contributed by atoms with Crippen LogP contribution in [0.4, 0.5) is 4.39 Å². The summed E-state index contributed by atoms with van der Waals surface area (Å²) in [7, 11) is 0. The van der Waals surface area contributed by atoms with E-state index in [1.807, 2.05) is 6.07 Å². The van der Waals surface area contributed by atoms with Crippen LogP contribution in [0.1, 0.15) is 83.1 Å². The molecule has 2 heteroatoms. The first kappa shape index (κ1) is 18.8. The molecule has 0 saturated heterocycles. The Morgan fingerprint density at radius 1 is 0.957 bits per heavy atom. The summed E-state index contributed by atoms with van der Waals surface area (Å²) in [5.74, 6) is 1.53. The van der Waals surface area contributed by atoms with Crippen molar-refractivity contribution in [3.8, 4) is 0 Å². The van der Waals surface area contributed by atoms with Crippen molar-refractivity contribution in [2.75, 3.05) is 0 Å². The predicted molar refractivity (Wildman–Crippen MR) is 98.6 cm³/mol. The average Bonchev–Trinajstić information content (AvgIpc) is 2.57.